The minimum absolute atomic E-state index is 0.0248. The second-order valence-corrected chi connectivity index (χ2v) is 4.22. The molecule has 15 heavy (non-hydrogen) atoms. The van der Waals surface area contributed by atoms with Gasteiger partial charge in [-0.25, -0.2) is 9.78 Å². The molecule has 1 heterocycles. The molecule has 0 unspecified atom stereocenters. The first-order valence-corrected chi connectivity index (χ1v) is 4.47. The van der Waals surface area contributed by atoms with Gasteiger partial charge in [0.1, 0.15) is 5.75 Å². The van der Waals surface area contributed by atoms with E-state index < -0.39 is 6.09 Å². The van der Waals surface area contributed by atoms with Crippen molar-refractivity contribution in [1.82, 2.24) is 4.98 Å². The average Bonchev–Trinajstić information content (AvgIpc) is 2.05. The zero-order chi connectivity index (χ0) is 11.6. The highest BCUT2D eigenvalue weighted by atomic mass is 16.6. The zero-order valence-corrected chi connectivity index (χ0v) is 8.94. The molecule has 0 atom stereocenters. The first-order valence-electron chi connectivity index (χ1n) is 4.47. The Morgan fingerprint density at radius 3 is 2.60 bits per heavy atom. The molecule has 0 radical (unpaired) electrons. The number of hydrogen-bond donors (Lipinski definition) is 2. The van der Waals surface area contributed by atoms with Crippen molar-refractivity contribution < 1.29 is 14.6 Å². The molecule has 0 aliphatic rings. The summed E-state index contributed by atoms with van der Waals surface area (Å²) < 4.78 is 4.74. The third kappa shape index (κ3) is 2.83. The number of carbonyl (C=O) groups excluding carboxylic acids is 1. The molecule has 1 amide bonds. The van der Waals surface area contributed by atoms with E-state index in [0.29, 0.717) is 5.56 Å². The summed E-state index contributed by atoms with van der Waals surface area (Å²) in [6.07, 6.45) is 0.284. The molecule has 0 fully saturated rings. The van der Waals surface area contributed by atoms with Gasteiger partial charge in [-0.1, -0.05) is 20.8 Å². The molecule has 0 aromatic carbocycles. The number of hydrogen-bond acceptors (Lipinski definition) is 4. The molecular weight excluding hydrogens is 196 g/mol. The van der Waals surface area contributed by atoms with Crippen LogP contribution >= 0.6 is 0 Å². The molecule has 0 bridgehead atoms. The van der Waals surface area contributed by atoms with Crippen LogP contribution in [0.4, 0.5) is 4.79 Å². The van der Waals surface area contributed by atoms with Gasteiger partial charge in [-0.3, -0.25) is 0 Å². The second-order valence-electron chi connectivity index (χ2n) is 4.22. The van der Waals surface area contributed by atoms with Crippen molar-refractivity contribution in [2.24, 2.45) is 5.73 Å². The van der Waals surface area contributed by atoms with Gasteiger partial charge in [-0.05, 0) is 11.5 Å². The summed E-state index contributed by atoms with van der Waals surface area (Å²) >= 11 is 0. The summed E-state index contributed by atoms with van der Waals surface area (Å²) in [5.41, 5.74) is 5.24. The van der Waals surface area contributed by atoms with Gasteiger partial charge >= 0.3 is 6.09 Å². The molecule has 0 aliphatic carbocycles. The fourth-order valence-corrected chi connectivity index (χ4v) is 1.16. The lowest BCUT2D eigenvalue weighted by Crippen LogP contribution is -2.21. The number of nitrogens with two attached hydrogens (primary N) is 1. The lowest BCUT2D eigenvalue weighted by molar-refractivity contribution is 0.207. The quantitative estimate of drug-likeness (QED) is 0.736. The van der Waals surface area contributed by atoms with Crippen molar-refractivity contribution in [1.29, 1.82) is 0 Å². The van der Waals surface area contributed by atoms with Crippen LogP contribution in [0.15, 0.2) is 12.3 Å². The van der Waals surface area contributed by atoms with E-state index in [9.17, 15) is 9.90 Å². The maximum absolute atomic E-state index is 10.6. The second kappa shape index (κ2) is 3.76. The summed E-state index contributed by atoms with van der Waals surface area (Å²) in [6, 6.07) is 1.51. The molecular formula is C10H14N2O3. The topological polar surface area (TPSA) is 85.4 Å². The van der Waals surface area contributed by atoms with E-state index in [4.69, 9.17) is 10.5 Å². The number of ether oxygens (including phenoxy) is 1. The van der Waals surface area contributed by atoms with E-state index >= 15 is 0 Å². The van der Waals surface area contributed by atoms with Crippen LogP contribution in [0.25, 0.3) is 0 Å². The Bertz CT molecular complexity index is 383. The number of pyridine rings is 1. The van der Waals surface area contributed by atoms with Crippen LogP contribution in [0.5, 0.6) is 11.6 Å². The predicted octanol–water partition coefficient (Wildman–Crippen LogP) is 1.54. The predicted molar refractivity (Wildman–Crippen MR) is 54.8 cm³/mol. The van der Waals surface area contributed by atoms with Gasteiger partial charge in [-0.15, -0.1) is 0 Å². The summed E-state index contributed by atoms with van der Waals surface area (Å²) in [7, 11) is 0. The summed E-state index contributed by atoms with van der Waals surface area (Å²) in [4.78, 5) is 14.4. The highest BCUT2D eigenvalue weighted by Gasteiger charge is 2.21. The number of carbonyl (C=O) groups is 1. The van der Waals surface area contributed by atoms with Crippen LogP contribution in [0.2, 0.25) is 0 Å². The largest absolute Gasteiger partial charge is 0.506 e. The Hall–Kier alpha value is -1.78. The molecule has 0 saturated heterocycles. The molecule has 1 rings (SSSR count). The Kier molecular flexibility index (Phi) is 2.83. The monoisotopic (exact) mass is 210 g/mol. The smallest absolute Gasteiger partial charge is 0.411 e. The van der Waals surface area contributed by atoms with Crippen molar-refractivity contribution in [3.05, 3.63) is 17.8 Å². The number of aromatic hydroxyl groups is 1. The van der Waals surface area contributed by atoms with Gasteiger partial charge in [0.2, 0.25) is 5.88 Å². The minimum atomic E-state index is -0.918. The van der Waals surface area contributed by atoms with Crippen LogP contribution in [-0.4, -0.2) is 16.2 Å². The van der Waals surface area contributed by atoms with Crippen molar-refractivity contribution in [2.45, 2.75) is 26.2 Å². The van der Waals surface area contributed by atoms with Gasteiger partial charge in [0.15, 0.2) is 0 Å². The van der Waals surface area contributed by atoms with E-state index in [0.717, 1.165) is 0 Å². The SMILES string of the molecule is CC(C)(C)c1cc(O)cnc1OC(N)=O. The molecule has 1 aromatic heterocycles. The van der Waals surface area contributed by atoms with Crippen molar-refractivity contribution in [3.8, 4) is 11.6 Å². The summed E-state index contributed by atoms with van der Waals surface area (Å²) in [5, 5.41) is 9.30. The standard InChI is InChI=1S/C10H14N2O3/c1-10(2,3)7-4-6(13)5-12-8(7)15-9(11)14/h4-5,13H,1-3H3,(H2,11,14). The van der Waals surface area contributed by atoms with Gasteiger partial charge in [0.25, 0.3) is 0 Å². The molecule has 0 aliphatic heterocycles. The van der Waals surface area contributed by atoms with Gasteiger partial charge in [0.05, 0.1) is 6.20 Å². The molecule has 5 nitrogen and oxygen atoms in total. The van der Waals surface area contributed by atoms with Crippen LogP contribution in [0, 0.1) is 0 Å². The van der Waals surface area contributed by atoms with Crippen LogP contribution < -0.4 is 10.5 Å². The average molecular weight is 210 g/mol. The molecule has 5 heteroatoms. The van der Waals surface area contributed by atoms with Crippen LogP contribution in [0.3, 0.4) is 0 Å². The highest BCUT2D eigenvalue weighted by molar-refractivity contribution is 5.68. The molecule has 82 valence electrons. The number of rotatable bonds is 1. The third-order valence-electron chi connectivity index (χ3n) is 1.84. The summed E-state index contributed by atoms with van der Waals surface area (Å²) in [6.45, 7) is 5.74. The lowest BCUT2D eigenvalue weighted by Gasteiger charge is -2.20. The highest BCUT2D eigenvalue weighted by Crippen LogP contribution is 2.31. The maximum Gasteiger partial charge on any atom is 0.411 e. The van der Waals surface area contributed by atoms with Gasteiger partial charge in [-0.2, -0.15) is 0 Å². The fraction of sp³-hybridized carbons (Fsp3) is 0.400. The number of primary amides is 1. The van der Waals surface area contributed by atoms with Crippen LogP contribution in [-0.2, 0) is 5.41 Å². The minimum Gasteiger partial charge on any atom is -0.506 e. The van der Waals surface area contributed by atoms with E-state index in [2.05, 4.69) is 4.98 Å². The Balaban J connectivity index is 3.20. The van der Waals surface area contributed by atoms with Crippen molar-refractivity contribution in [3.63, 3.8) is 0 Å². The zero-order valence-electron chi connectivity index (χ0n) is 8.94. The maximum atomic E-state index is 10.6. The normalized spacial score (nSPS) is 11.1. The lowest BCUT2D eigenvalue weighted by atomic mass is 9.88. The first kappa shape index (κ1) is 11.3. The van der Waals surface area contributed by atoms with E-state index in [1.165, 1.54) is 12.3 Å². The van der Waals surface area contributed by atoms with Crippen molar-refractivity contribution >= 4 is 6.09 Å². The Labute approximate surface area is 87.9 Å². The van der Waals surface area contributed by atoms with Crippen molar-refractivity contribution in [2.75, 3.05) is 0 Å². The van der Waals surface area contributed by atoms with E-state index in [1.54, 1.807) is 0 Å². The number of nitrogens with zero attached hydrogens (tertiary/aromatic N) is 1. The van der Waals surface area contributed by atoms with Crippen LogP contribution in [0.1, 0.15) is 26.3 Å². The van der Waals surface area contributed by atoms with E-state index in [-0.39, 0.29) is 17.0 Å². The molecule has 0 saturated carbocycles. The first-order chi connectivity index (χ1) is 6.80. The molecule has 3 N–H and O–H groups in total. The third-order valence-corrected chi connectivity index (χ3v) is 1.84. The van der Waals surface area contributed by atoms with Gasteiger partial charge in [0, 0.05) is 5.56 Å². The number of amides is 1. The van der Waals surface area contributed by atoms with E-state index in [1.807, 2.05) is 20.8 Å². The molecule has 1 aromatic rings. The summed E-state index contributed by atoms with van der Waals surface area (Å²) in [5.74, 6) is 0.157. The Morgan fingerprint density at radius 1 is 1.53 bits per heavy atom. The van der Waals surface area contributed by atoms with Gasteiger partial charge < -0.3 is 15.6 Å². The Morgan fingerprint density at radius 2 is 2.13 bits per heavy atom. The number of aromatic nitrogens is 1. The fourth-order valence-electron chi connectivity index (χ4n) is 1.16. The molecule has 0 spiro atoms.